The largest absolute Gasteiger partial charge is 0.497 e. The van der Waals surface area contributed by atoms with E-state index in [2.05, 4.69) is 38.7 Å². The molecule has 0 amide bonds. The van der Waals surface area contributed by atoms with Crippen LogP contribution in [0, 0.1) is 11.2 Å². The van der Waals surface area contributed by atoms with Crippen molar-refractivity contribution < 1.29 is 9.47 Å². The van der Waals surface area contributed by atoms with E-state index in [0.29, 0.717) is 18.0 Å². The van der Waals surface area contributed by atoms with Crippen molar-refractivity contribution in [3.8, 4) is 33.9 Å². The summed E-state index contributed by atoms with van der Waals surface area (Å²) in [5.41, 5.74) is 5.20. The van der Waals surface area contributed by atoms with Crippen LogP contribution in [0.2, 0.25) is 0 Å². The van der Waals surface area contributed by atoms with E-state index in [1.165, 1.54) is 0 Å². The van der Waals surface area contributed by atoms with Crippen molar-refractivity contribution >= 4 is 33.3 Å². The van der Waals surface area contributed by atoms with Gasteiger partial charge in [-0.05, 0) is 24.1 Å². The summed E-state index contributed by atoms with van der Waals surface area (Å²) in [4.78, 5) is 11.6. The predicted octanol–water partition coefficient (Wildman–Crippen LogP) is 4.02. The zero-order chi connectivity index (χ0) is 23.4. The van der Waals surface area contributed by atoms with Crippen molar-refractivity contribution in [1.82, 2.24) is 19.7 Å². The number of benzene rings is 2. The van der Waals surface area contributed by atoms with Crippen molar-refractivity contribution in [2.75, 3.05) is 38.2 Å². The molecule has 4 rings (SSSR count). The molecule has 2 aromatic carbocycles. The fourth-order valence-corrected chi connectivity index (χ4v) is 3.75. The van der Waals surface area contributed by atoms with E-state index in [1.807, 2.05) is 49.6 Å². The molecule has 0 aliphatic rings. The van der Waals surface area contributed by atoms with Crippen molar-refractivity contribution in [2.24, 2.45) is 7.05 Å². The molecule has 0 atom stereocenters. The maximum absolute atomic E-state index is 5.49. The molecule has 0 aliphatic carbocycles. The molecule has 4 aromatic rings. The van der Waals surface area contributed by atoms with Crippen LogP contribution in [-0.2, 0) is 17.9 Å². The molecule has 0 N–H and O–H groups in total. The number of nitrogens with zero attached hydrogens (tertiary/aromatic N) is 5. The highest BCUT2D eigenvalue weighted by molar-refractivity contribution is 8.00. The van der Waals surface area contributed by atoms with Gasteiger partial charge in [0, 0.05) is 48.4 Å². The highest BCUT2D eigenvalue weighted by Crippen LogP contribution is 2.34. The molecule has 2 heterocycles. The molecule has 0 bridgehead atoms. The molecule has 7 nitrogen and oxygen atoms in total. The van der Waals surface area contributed by atoms with E-state index < -0.39 is 0 Å². The average Bonchev–Trinajstić information content (AvgIpc) is 3.26. The van der Waals surface area contributed by atoms with Crippen molar-refractivity contribution in [3.05, 3.63) is 55.0 Å². The molecule has 0 radical (unpaired) electrons. The van der Waals surface area contributed by atoms with Gasteiger partial charge in [0.05, 0.1) is 60.8 Å². The highest BCUT2D eigenvalue weighted by Gasteiger charge is 2.14. The summed E-state index contributed by atoms with van der Waals surface area (Å²) in [6.07, 6.45) is 9.71. The van der Waals surface area contributed by atoms with E-state index in [0.717, 1.165) is 33.7 Å². The maximum atomic E-state index is 5.49. The fraction of sp³-hybridized carbons (Fsp3) is 0.240. The minimum atomic E-state index is 0.0312. The Morgan fingerprint density at radius 3 is 2.36 bits per heavy atom. The van der Waals surface area contributed by atoms with E-state index in [-0.39, 0.29) is 10.9 Å². The lowest BCUT2D eigenvalue weighted by Crippen LogP contribution is -2.17. The smallest absolute Gasteiger partial charge is 0.153 e. The van der Waals surface area contributed by atoms with Gasteiger partial charge in [0.2, 0.25) is 0 Å². The lowest BCUT2D eigenvalue weighted by atomic mass is 10.2. The third-order valence-electron chi connectivity index (χ3n) is 5.00. The Labute approximate surface area is 196 Å². The molecule has 33 heavy (non-hydrogen) atoms. The van der Waals surface area contributed by atoms with Crippen LogP contribution in [-0.4, -0.2) is 53.0 Å². The summed E-state index contributed by atoms with van der Waals surface area (Å²) in [5, 5.41) is 7.52. The molecule has 0 saturated heterocycles. The van der Waals surface area contributed by atoms with Gasteiger partial charge >= 0.3 is 0 Å². The first kappa shape index (κ1) is 22.5. The Morgan fingerprint density at radius 2 is 1.73 bits per heavy atom. The van der Waals surface area contributed by atoms with Crippen LogP contribution in [0.5, 0.6) is 11.5 Å². The number of anilines is 2. The van der Waals surface area contributed by atoms with Crippen LogP contribution in [0.1, 0.15) is 0 Å². The van der Waals surface area contributed by atoms with Gasteiger partial charge in [-0.2, -0.15) is 5.10 Å². The molecule has 0 aliphatic heterocycles. The monoisotopic (exact) mass is 460 g/mol. The number of hydrogen-bond acceptors (Lipinski definition) is 6. The number of hydrogen-bond donors (Lipinski definition) is 0. The van der Waals surface area contributed by atoms with E-state index in [1.54, 1.807) is 31.3 Å². The van der Waals surface area contributed by atoms with E-state index >= 15 is 0 Å². The molecular weight excluding hydrogens is 434 g/mol. The average molecular weight is 461 g/mol. The first-order valence-corrected chi connectivity index (χ1v) is 12.3. The Balaban J connectivity index is 1.80. The second-order valence-electron chi connectivity index (χ2n) is 7.58. The summed E-state index contributed by atoms with van der Waals surface area (Å²) in [6, 6.07) is 11.9. The van der Waals surface area contributed by atoms with Crippen LogP contribution < -0.4 is 14.4 Å². The summed E-state index contributed by atoms with van der Waals surface area (Å²) in [6.45, 7) is 0.517. The molecule has 0 spiro atoms. The topological polar surface area (TPSA) is 65.3 Å². The molecular formula is C25H26N5O2S+. The molecule has 0 saturated carbocycles. The zero-order valence-corrected chi connectivity index (χ0v) is 20.2. The normalized spacial score (nSPS) is 10.7. The van der Waals surface area contributed by atoms with Gasteiger partial charge in [-0.1, -0.05) is 0 Å². The van der Waals surface area contributed by atoms with Crippen molar-refractivity contribution in [2.45, 2.75) is 0 Å². The molecule has 168 valence electrons. The second kappa shape index (κ2) is 9.84. The Hall–Kier alpha value is -3.70. The maximum Gasteiger partial charge on any atom is 0.153 e. The van der Waals surface area contributed by atoms with Crippen LogP contribution in [0.3, 0.4) is 0 Å². The Morgan fingerprint density at radius 1 is 0.970 bits per heavy atom. The second-order valence-corrected chi connectivity index (χ2v) is 9.42. The van der Waals surface area contributed by atoms with Crippen LogP contribution >= 0.6 is 0 Å². The van der Waals surface area contributed by atoms with Gasteiger partial charge in [-0.3, -0.25) is 9.67 Å². The fourth-order valence-electron chi connectivity index (χ4n) is 3.40. The summed E-state index contributed by atoms with van der Waals surface area (Å²) < 4.78 is 12.7. The lowest BCUT2D eigenvalue weighted by Gasteiger charge is -2.24. The minimum Gasteiger partial charge on any atom is -0.497 e. The molecule has 8 heteroatoms. The van der Waals surface area contributed by atoms with Gasteiger partial charge in [-0.15, -0.1) is 0 Å². The Bertz CT molecular complexity index is 1320. The first-order valence-electron chi connectivity index (χ1n) is 10.3. The Kier molecular flexibility index (Phi) is 6.71. The molecule has 2 aromatic heterocycles. The van der Waals surface area contributed by atoms with E-state index in [9.17, 15) is 0 Å². The zero-order valence-electron chi connectivity index (χ0n) is 19.4. The number of methoxy groups -OCH3 is 2. The third-order valence-corrected chi connectivity index (χ3v) is 5.55. The first-order chi connectivity index (χ1) is 16.0. The summed E-state index contributed by atoms with van der Waals surface area (Å²) >= 11 is 0. The highest BCUT2D eigenvalue weighted by atomic mass is 32.2. The summed E-state index contributed by atoms with van der Waals surface area (Å²) in [7, 11) is 5.21. The van der Waals surface area contributed by atoms with Gasteiger partial charge in [0.25, 0.3) is 0 Å². The number of ether oxygens (including phenoxy) is 2. The standard InChI is InChI=1S/C25H26N5O2S/c1-29-17-18(15-27-29)25-16-26-23-8-7-19(13-24(23)28-25)30(9-6-10-33(4)5)20-11-21(31-2)14-22(12-20)32-3/h7-8,11-17H,9H2,1-5H3/q+1. The SMILES string of the molecule is COc1cc(OC)cc(N(CC#C[S+](C)C)c2ccc3ncc(-c4cnn(C)c4)nc3c2)c1. The molecule has 0 fully saturated rings. The summed E-state index contributed by atoms with van der Waals surface area (Å²) in [5.74, 6) is 4.74. The van der Waals surface area contributed by atoms with Gasteiger partial charge in [0.1, 0.15) is 24.0 Å². The molecule has 0 unspecified atom stereocenters. The van der Waals surface area contributed by atoms with Crippen LogP contribution in [0.4, 0.5) is 11.4 Å². The quantitative estimate of drug-likeness (QED) is 0.320. The van der Waals surface area contributed by atoms with Crippen LogP contribution in [0.15, 0.2) is 55.0 Å². The van der Waals surface area contributed by atoms with Gasteiger partial charge in [-0.25, -0.2) is 4.98 Å². The van der Waals surface area contributed by atoms with E-state index in [4.69, 9.17) is 14.5 Å². The van der Waals surface area contributed by atoms with Crippen LogP contribution in [0.25, 0.3) is 22.3 Å². The number of aryl methyl sites for hydroxylation is 1. The minimum absolute atomic E-state index is 0.0312. The number of aromatic nitrogens is 4. The lowest BCUT2D eigenvalue weighted by molar-refractivity contribution is 0.394. The van der Waals surface area contributed by atoms with Gasteiger partial charge < -0.3 is 14.4 Å². The van der Waals surface area contributed by atoms with Gasteiger partial charge in [0.15, 0.2) is 5.25 Å². The third kappa shape index (κ3) is 5.21. The van der Waals surface area contributed by atoms with Crippen molar-refractivity contribution in [3.63, 3.8) is 0 Å². The van der Waals surface area contributed by atoms with Crippen molar-refractivity contribution in [1.29, 1.82) is 0 Å². The number of fused-ring (bicyclic) bond motifs is 1. The number of rotatable bonds is 6. The predicted molar refractivity (Wildman–Crippen MR) is 135 cm³/mol.